The molecule has 0 unspecified atom stereocenters. The SMILES string of the molecule is O=C(CN(C(=O)c1ccc(Cl)cc1Cl)N1C(=O)[C@H]2C3c4ccccc4C(c4ccccc43)[C@@H]2C1=O)c1ccc(Br)cc1. The molecule has 4 aliphatic rings. The fraction of sp³-hybridized carbons (Fsp3) is 0.152. The van der Waals surface area contributed by atoms with Crippen LogP contribution in [0.3, 0.4) is 0 Å². The Hall–Kier alpha value is -3.78. The first-order valence-electron chi connectivity index (χ1n) is 13.4. The average Bonchev–Trinajstić information content (AvgIpc) is 3.25. The first-order chi connectivity index (χ1) is 20.3. The number of carbonyl (C=O) groups excluding carboxylic acids is 4. The van der Waals surface area contributed by atoms with Crippen LogP contribution in [0.5, 0.6) is 0 Å². The van der Waals surface area contributed by atoms with Gasteiger partial charge in [0.25, 0.3) is 17.7 Å². The fourth-order valence-corrected chi connectivity index (χ4v) is 7.55. The third-order valence-electron chi connectivity index (χ3n) is 8.52. The van der Waals surface area contributed by atoms with Gasteiger partial charge in [0, 0.05) is 26.9 Å². The first kappa shape index (κ1) is 27.1. The van der Waals surface area contributed by atoms with Gasteiger partial charge in [0.15, 0.2) is 5.78 Å². The van der Waals surface area contributed by atoms with Gasteiger partial charge in [-0.2, -0.15) is 5.01 Å². The van der Waals surface area contributed by atoms with Crippen LogP contribution in [0.2, 0.25) is 10.0 Å². The van der Waals surface area contributed by atoms with Crippen molar-refractivity contribution in [3.05, 3.63) is 139 Å². The molecule has 0 N–H and O–H groups in total. The van der Waals surface area contributed by atoms with Gasteiger partial charge in [0.1, 0.15) is 6.54 Å². The number of ketones is 1. The molecular weight excluding hydrogens is 639 g/mol. The maximum atomic E-state index is 14.4. The van der Waals surface area contributed by atoms with Gasteiger partial charge in [-0.05, 0) is 52.6 Å². The second kappa shape index (κ2) is 10.2. The number of hydrazine groups is 1. The van der Waals surface area contributed by atoms with Crippen molar-refractivity contribution in [2.24, 2.45) is 11.8 Å². The quantitative estimate of drug-likeness (QED) is 0.173. The van der Waals surface area contributed by atoms with E-state index in [4.69, 9.17) is 23.2 Å². The van der Waals surface area contributed by atoms with Crippen molar-refractivity contribution in [1.82, 2.24) is 10.0 Å². The molecule has 0 spiro atoms. The van der Waals surface area contributed by atoms with E-state index < -0.39 is 41.9 Å². The van der Waals surface area contributed by atoms with Crippen LogP contribution in [0.15, 0.2) is 95.5 Å². The highest BCUT2D eigenvalue weighted by molar-refractivity contribution is 9.10. The van der Waals surface area contributed by atoms with Crippen LogP contribution in [0.25, 0.3) is 0 Å². The highest BCUT2D eigenvalue weighted by Gasteiger charge is 2.63. The molecule has 1 saturated heterocycles. The molecule has 2 bridgehead atoms. The highest BCUT2D eigenvalue weighted by Crippen LogP contribution is 2.61. The lowest BCUT2D eigenvalue weighted by Crippen LogP contribution is -2.52. The van der Waals surface area contributed by atoms with Crippen LogP contribution >= 0.6 is 39.1 Å². The molecule has 8 rings (SSSR count). The summed E-state index contributed by atoms with van der Waals surface area (Å²) in [4.78, 5) is 56.4. The standard InChI is InChI=1S/C33H21BrCl2N2O4/c34-18-11-9-17(10-12-18)26(39)16-37(31(40)24-14-13-19(35)15-25(24)36)38-32(41)29-27-20-5-1-2-6-21(20)28(30(29)33(38)42)23-8-4-3-7-22(23)27/h1-15,27-30H,16H2/t27?,28?,29-,30-/m0/s1. The minimum atomic E-state index is -0.746. The number of benzene rings is 4. The monoisotopic (exact) mass is 658 g/mol. The van der Waals surface area contributed by atoms with Gasteiger partial charge in [-0.1, -0.05) is 99.8 Å². The molecule has 0 radical (unpaired) electrons. The Morgan fingerprint density at radius 3 is 1.71 bits per heavy atom. The van der Waals surface area contributed by atoms with Crippen molar-refractivity contribution >= 4 is 62.6 Å². The number of carbonyl (C=O) groups is 4. The highest BCUT2D eigenvalue weighted by atomic mass is 79.9. The normalized spacial score (nSPS) is 21.5. The Morgan fingerprint density at radius 1 is 0.738 bits per heavy atom. The van der Waals surface area contributed by atoms with Crippen LogP contribution < -0.4 is 0 Å². The predicted octanol–water partition coefficient (Wildman–Crippen LogP) is 6.89. The maximum Gasteiger partial charge on any atom is 0.274 e. The lowest BCUT2D eigenvalue weighted by Gasteiger charge is -2.45. The third-order valence-corrected chi connectivity index (χ3v) is 9.60. The Labute approximate surface area is 259 Å². The lowest BCUT2D eigenvalue weighted by atomic mass is 9.55. The number of halogens is 3. The maximum absolute atomic E-state index is 14.4. The summed E-state index contributed by atoms with van der Waals surface area (Å²) in [6.45, 7) is -0.536. The van der Waals surface area contributed by atoms with Crippen LogP contribution in [-0.4, -0.2) is 40.1 Å². The van der Waals surface area contributed by atoms with Gasteiger partial charge in [-0.15, -0.1) is 0 Å². The molecule has 3 amide bonds. The minimum Gasteiger partial charge on any atom is -0.292 e. The Morgan fingerprint density at radius 2 is 1.24 bits per heavy atom. The molecule has 208 valence electrons. The second-order valence-corrected chi connectivity index (χ2v) is 12.4. The van der Waals surface area contributed by atoms with Crippen molar-refractivity contribution in [1.29, 1.82) is 0 Å². The van der Waals surface area contributed by atoms with E-state index in [1.54, 1.807) is 24.3 Å². The van der Waals surface area contributed by atoms with Crippen molar-refractivity contribution < 1.29 is 19.2 Å². The molecule has 1 fully saturated rings. The van der Waals surface area contributed by atoms with Crippen LogP contribution in [0.1, 0.15) is 54.8 Å². The Balaban J connectivity index is 1.34. The van der Waals surface area contributed by atoms with Gasteiger partial charge in [0.2, 0.25) is 0 Å². The largest absolute Gasteiger partial charge is 0.292 e. The molecule has 0 aromatic heterocycles. The van der Waals surface area contributed by atoms with Crippen LogP contribution in [-0.2, 0) is 9.59 Å². The van der Waals surface area contributed by atoms with E-state index in [1.807, 2.05) is 48.5 Å². The van der Waals surface area contributed by atoms with Gasteiger partial charge < -0.3 is 0 Å². The number of rotatable bonds is 5. The summed E-state index contributed by atoms with van der Waals surface area (Å²) in [5.41, 5.74) is 4.39. The molecular formula is C33H21BrCl2N2O4. The summed E-state index contributed by atoms with van der Waals surface area (Å²) in [6.07, 6.45) is 0. The fourth-order valence-electron chi connectivity index (χ4n) is 6.80. The number of hydrogen-bond donors (Lipinski definition) is 0. The van der Waals surface area contributed by atoms with E-state index in [1.165, 1.54) is 18.2 Å². The van der Waals surface area contributed by atoms with E-state index in [-0.39, 0.29) is 22.4 Å². The van der Waals surface area contributed by atoms with E-state index in [9.17, 15) is 19.2 Å². The molecule has 3 aliphatic carbocycles. The molecule has 9 heteroatoms. The lowest BCUT2D eigenvalue weighted by molar-refractivity contribution is -0.154. The summed E-state index contributed by atoms with van der Waals surface area (Å²) in [6, 6.07) is 26.8. The summed E-state index contributed by atoms with van der Waals surface area (Å²) in [5, 5.41) is 2.22. The Bertz CT molecular complexity index is 1710. The van der Waals surface area contributed by atoms with Gasteiger partial charge in [0.05, 0.1) is 22.4 Å². The summed E-state index contributed by atoms with van der Waals surface area (Å²) < 4.78 is 0.781. The zero-order valence-electron chi connectivity index (χ0n) is 21.8. The first-order valence-corrected chi connectivity index (χ1v) is 14.9. The van der Waals surface area contributed by atoms with E-state index in [0.29, 0.717) is 10.6 Å². The second-order valence-electron chi connectivity index (χ2n) is 10.7. The zero-order valence-corrected chi connectivity index (χ0v) is 24.9. The average molecular weight is 660 g/mol. The van der Waals surface area contributed by atoms with Crippen LogP contribution in [0.4, 0.5) is 0 Å². The van der Waals surface area contributed by atoms with Crippen molar-refractivity contribution in [2.45, 2.75) is 11.8 Å². The molecule has 4 aromatic carbocycles. The van der Waals surface area contributed by atoms with E-state index in [0.717, 1.165) is 36.7 Å². The number of imide groups is 1. The molecule has 4 aromatic rings. The number of hydrogen-bond acceptors (Lipinski definition) is 4. The topological polar surface area (TPSA) is 74.8 Å². The molecule has 1 aliphatic heterocycles. The van der Waals surface area contributed by atoms with Gasteiger partial charge >= 0.3 is 0 Å². The number of amides is 3. The van der Waals surface area contributed by atoms with Crippen molar-refractivity contribution in [3.63, 3.8) is 0 Å². The predicted molar refractivity (Wildman–Crippen MR) is 161 cm³/mol. The summed E-state index contributed by atoms with van der Waals surface area (Å²) in [5.74, 6) is -4.34. The van der Waals surface area contributed by atoms with Crippen molar-refractivity contribution in [3.8, 4) is 0 Å². The van der Waals surface area contributed by atoms with Gasteiger partial charge in [-0.25, -0.2) is 5.01 Å². The molecule has 0 saturated carbocycles. The van der Waals surface area contributed by atoms with E-state index in [2.05, 4.69) is 15.9 Å². The van der Waals surface area contributed by atoms with Crippen LogP contribution in [0, 0.1) is 11.8 Å². The third kappa shape index (κ3) is 4.06. The number of Topliss-reactive ketones (excluding diaryl/α,β-unsaturated/α-hetero) is 1. The van der Waals surface area contributed by atoms with Gasteiger partial charge in [-0.3, -0.25) is 19.2 Å². The van der Waals surface area contributed by atoms with E-state index >= 15 is 0 Å². The smallest absolute Gasteiger partial charge is 0.274 e. The van der Waals surface area contributed by atoms with Crippen molar-refractivity contribution in [2.75, 3.05) is 6.54 Å². The summed E-state index contributed by atoms with van der Waals surface area (Å²) >= 11 is 15.8. The number of nitrogens with zero attached hydrogens (tertiary/aromatic N) is 2. The summed E-state index contributed by atoms with van der Waals surface area (Å²) in [7, 11) is 0. The molecule has 6 nitrogen and oxygen atoms in total. The zero-order chi connectivity index (χ0) is 29.3. The Kier molecular flexibility index (Phi) is 6.57. The molecule has 2 atom stereocenters. The molecule has 1 heterocycles. The minimum absolute atomic E-state index is 0.0229. The molecule has 42 heavy (non-hydrogen) atoms.